The first kappa shape index (κ1) is 16.8. The van der Waals surface area contributed by atoms with Crippen LogP contribution in [-0.4, -0.2) is 24.4 Å². The number of carbonyl (C=O) groups excluding carboxylic acids is 2. The van der Waals surface area contributed by atoms with Gasteiger partial charge in [-0.15, -0.1) is 0 Å². The van der Waals surface area contributed by atoms with Crippen molar-refractivity contribution in [3.63, 3.8) is 0 Å². The molecule has 0 radical (unpaired) electrons. The van der Waals surface area contributed by atoms with E-state index in [0.717, 1.165) is 6.42 Å². The maximum atomic E-state index is 11.9. The van der Waals surface area contributed by atoms with Gasteiger partial charge in [0, 0.05) is 16.6 Å². The average Bonchev–Trinajstić information content (AvgIpc) is 2.39. The summed E-state index contributed by atoms with van der Waals surface area (Å²) < 4.78 is 0. The van der Waals surface area contributed by atoms with Crippen LogP contribution in [0.25, 0.3) is 0 Å². The lowest BCUT2D eigenvalue weighted by atomic mass is 10.1. The lowest BCUT2D eigenvalue weighted by molar-refractivity contribution is -0.128. The van der Waals surface area contributed by atoms with E-state index in [9.17, 15) is 9.59 Å². The minimum atomic E-state index is -0.569. The number of amides is 2. The fourth-order valence-corrected chi connectivity index (χ4v) is 2.07. The zero-order chi connectivity index (χ0) is 15.1. The summed E-state index contributed by atoms with van der Waals surface area (Å²) in [6.07, 6.45) is 0.966. The van der Waals surface area contributed by atoms with Crippen LogP contribution in [-0.2, 0) is 16.0 Å². The third kappa shape index (κ3) is 5.39. The smallest absolute Gasteiger partial charge is 0.242 e. The highest BCUT2D eigenvalue weighted by Gasteiger charge is 2.15. The second-order valence-corrected chi connectivity index (χ2v) is 5.34. The molecule has 110 valence electrons. The van der Waals surface area contributed by atoms with E-state index in [4.69, 9.17) is 23.2 Å². The molecule has 2 N–H and O–H groups in total. The van der Waals surface area contributed by atoms with Gasteiger partial charge in [-0.25, -0.2) is 0 Å². The zero-order valence-corrected chi connectivity index (χ0v) is 13.0. The molecular formula is C14H18Cl2N2O2. The molecule has 1 rings (SSSR count). The van der Waals surface area contributed by atoms with E-state index in [2.05, 4.69) is 10.6 Å². The minimum Gasteiger partial charge on any atom is -0.354 e. The van der Waals surface area contributed by atoms with Crippen LogP contribution >= 0.6 is 23.2 Å². The molecule has 0 aromatic heterocycles. The normalized spacial score (nSPS) is 11.8. The number of carbonyl (C=O) groups is 2. The quantitative estimate of drug-likeness (QED) is 0.847. The number of hydrogen-bond donors (Lipinski definition) is 2. The van der Waals surface area contributed by atoms with Gasteiger partial charge in [0.2, 0.25) is 11.8 Å². The third-order valence-electron chi connectivity index (χ3n) is 2.69. The Bertz CT molecular complexity index is 492. The molecule has 1 aromatic carbocycles. The van der Waals surface area contributed by atoms with E-state index < -0.39 is 6.04 Å². The summed E-state index contributed by atoms with van der Waals surface area (Å²) >= 11 is 11.8. The predicted octanol–water partition coefficient (Wildman–Crippen LogP) is 2.57. The first-order chi connectivity index (χ1) is 9.43. The molecule has 0 fully saturated rings. The molecule has 0 spiro atoms. The summed E-state index contributed by atoms with van der Waals surface area (Å²) in [4.78, 5) is 23.5. The van der Waals surface area contributed by atoms with Crippen LogP contribution in [0.4, 0.5) is 0 Å². The summed E-state index contributed by atoms with van der Waals surface area (Å²) in [5.41, 5.74) is 0.676. The van der Waals surface area contributed by atoms with Gasteiger partial charge in [0.1, 0.15) is 6.04 Å². The highest BCUT2D eigenvalue weighted by Crippen LogP contribution is 2.21. The van der Waals surface area contributed by atoms with E-state index in [0.29, 0.717) is 22.2 Å². The van der Waals surface area contributed by atoms with E-state index in [1.165, 1.54) is 0 Å². The zero-order valence-electron chi connectivity index (χ0n) is 11.5. The Hall–Kier alpha value is -1.26. The molecule has 0 unspecified atom stereocenters. The Morgan fingerprint density at radius 3 is 2.60 bits per heavy atom. The van der Waals surface area contributed by atoms with Crippen molar-refractivity contribution in [2.24, 2.45) is 0 Å². The molecule has 0 aliphatic heterocycles. The molecule has 4 nitrogen and oxygen atoms in total. The van der Waals surface area contributed by atoms with Gasteiger partial charge in [0.05, 0.1) is 6.42 Å². The Labute approximate surface area is 128 Å². The van der Waals surface area contributed by atoms with Crippen molar-refractivity contribution >= 4 is 35.0 Å². The van der Waals surface area contributed by atoms with E-state index in [-0.39, 0.29) is 18.2 Å². The summed E-state index contributed by atoms with van der Waals surface area (Å²) in [6.45, 7) is 4.21. The van der Waals surface area contributed by atoms with E-state index >= 15 is 0 Å². The predicted molar refractivity (Wildman–Crippen MR) is 81.1 cm³/mol. The van der Waals surface area contributed by atoms with Crippen molar-refractivity contribution in [2.75, 3.05) is 6.54 Å². The second kappa shape index (κ2) is 8.12. The third-order valence-corrected chi connectivity index (χ3v) is 3.27. The van der Waals surface area contributed by atoms with Gasteiger partial charge in [0.25, 0.3) is 0 Å². The van der Waals surface area contributed by atoms with Gasteiger partial charge in [0.15, 0.2) is 0 Å². The number of hydrogen-bond acceptors (Lipinski definition) is 2. The maximum absolute atomic E-state index is 11.9. The van der Waals surface area contributed by atoms with Crippen molar-refractivity contribution in [3.05, 3.63) is 33.8 Å². The molecule has 20 heavy (non-hydrogen) atoms. The summed E-state index contributed by atoms with van der Waals surface area (Å²) in [6, 6.07) is 4.39. The van der Waals surface area contributed by atoms with Crippen LogP contribution in [0.1, 0.15) is 25.8 Å². The van der Waals surface area contributed by atoms with Gasteiger partial charge < -0.3 is 10.6 Å². The van der Waals surface area contributed by atoms with Crippen LogP contribution in [0.3, 0.4) is 0 Å². The second-order valence-electron chi connectivity index (χ2n) is 4.49. The standard InChI is InChI=1S/C14H18Cl2N2O2/c1-3-6-17-14(20)9(2)18-13(19)7-10-4-5-11(15)8-12(10)16/h4-5,8-9H,3,6-7H2,1-2H3,(H,17,20)(H,18,19)/t9-/m1/s1. The lowest BCUT2D eigenvalue weighted by Gasteiger charge is -2.14. The summed E-state index contributed by atoms with van der Waals surface area (Å²) in [5, 5.41) is 6.32. The van der Waals surface area contributed by atoms with E-state index in [1.54, 1.807) is 25.1 Å². The number of rotatable bonds is 6. The van der Waals surface area contributed by atoms with Crippen molar-refractivity contribution in [2.45, 2.75) is 32.7 Å². The highest BCUT2D eigenvalue weighted by molar-refractivity contribution is 6.35. The molecule has 0 bridgehead atoms. The molecular weight excluding hydrogens is 299 g/mol. The number of nitrogens with one attached hydrogen (secondary N) is 2. The van der Waals surface area contributed by atoms with Gasteiger partial charge in [-0.05, 0) is 31.0 Å². The van der Waals surface area contributed by atoms with Crippen molar-refractivity contribution < 1.29 is 9.59 Å². The molecule has 0 saturated heterocycles. The highest BCUT2D eigenvalue weighted by atomic mass is 35.5. The van der Waals surface area contributed by atoms with Gasteiger partial charge in [-0.3, -0.25) is 9.59 Å². The monoisotopic (exact) mass is 316 g/mol. The van der Waals surface area contributed by atoms with Gasteiger partial charge in [-0.2, -0.15) is 0 Å². The van der Waals surface area contributed by atoms with Crippen LogP contribution in [0.15, 0.2) is 18.2 Å². The first-order valence-corrected chi connectivity index (χ1v) is 7.20. The van der Waals surface area contributed by atoms with Crippen LogP contribution in [0.2, 0.25) is 10.0 Å². The van der Waals surface area contributed by atoms with E-state index in [1.807, 2.05) is 6.92 Å². The van der Waals surface area contributed by atoms with Crippen LogP contribution in [0.5, 0.6) is 0 Å². The van der Waals surface area contributed by atoms with Crippen LogP contribution < -0.4 is 10.6 Å². The molecule has 1 aromatic rings. The van der Waals surface area contributed by atoms with Crippen molar-refractivity contribution in [1.82, 2.24) is 10.6 Å². The fourth-order valence-electron chi connectivity index (χ4n) is 1.60. The molecule has 0 saturated carbocycles. The molecule has 0 aliphatic carbocycles. The largest absolute Gasteiger partial charge is 0.354 e. The van der Waals surface area contributed by atoms with Crippen molar-refractivity contribution in [1.29, 1.82) is 0 Å². The molecule has 0 aliphatic rings. The summed E-state index contributed by atoms with van der Waals surface area (Å²) in [7, 11) is 0. The molecule has 1 atom stereocenters. The number of halogens is 2. The van der Waals surface area contributed by atoms with Crippen molar-refractivity contribution in [3.8, 4) is 0 Å². The van der Waals surface area contributed by atoms with Gasteiger partial charge >= 0.3 is 0 Å². The number of benzene rings is 1. The molecule has 2 amide bonds. The Morgan fingerprint density at radius 1 is 1.30 bits per heavy atom. The topological polar surface area (TPSA) is 58.2 Å². The fraction of sp³-hybridized carbons (Fsp3) is 0.429. The van der Waals surface area contributed by atoms with Crippen LogP contribution in [0, 0.1) is 0 Å². The average molecular weight is 317 g/mol. The Balaban J connectivity index is 2.52. The Kier molecular flexibility index (Phi) is 6.82. The Morgan fingerprint density at radius 2 is 2.00 bits per heavy atom. The molecule has 0 heterocycles. The molecule has 6 heteroatoms. The first-order valence-electron chi connectivity index (χ1n) is 6.45. The summed E-state index contributed by atoms with van der Waals surface area (Å²) in [5.74, 6) is -0.448. The van der Waals surface area contributed by atoms with Gasteiger partial charge in [-0.1, -0.05) is 36.2 Å². The minimum absolute atomic E-state index is 0.112. The SMILES string of the molecule is CCCNC(=O)[C@@H](C)NC(=O)Cc1ccc(Cl)cc1Cl. The lowest BCUT2D eigenvalue weighted by Crippen LogP contribution is -2.45. The maximum Gasteiger partial charge on any atom is 0.242 e.